The van der Waals surface area contributed by atoms with Crippen molar-refractivity contribution in [3.63, 3.8) is 0 Å². The molecule has 0 spiro atoms. The number of benzene rings is 1. The van der Waals surface area contributed by atoms with Crippen LogP contribution in [0.2, 0.25) is 0 Å². The number of halogens is 1. The fourth-order valence-electron chi connectivity index (χ4n) is 2.27. The number of hydrogen-bond donors (Lipinski definition) is 2. The maximum absolute atomic E-state index is 12.1. The van der Waals surface area contributed by atoms with Crippen LogP contribution in [0.15, 0.2) is 22.7 Å². The lowest BCUT2D eigenvalue weighted by atomic mass is 10.0. The minimum atomic E-state index is -0.202. The molecular formula is C13H14BrN3O. The van der Waals surface area contributed by atoms with Crippen LogP contribution in [0.4, 0.5) is 5.69 Å². The summed E-state index contributed by atoms with van der Waals surface area (Å²) in [6.07, 6.45) is 2.71. The van der Waals surface area contributed by atoms with E-state index in [9.17, 15) is 4.79 Å². The topological polar surface area (TPSA) is 78.9 Å². The average molecular weight is 308 g/mol. The molecule has 2 atom stereocenters. The Morgan fingerprint density at radius 2 is 2.28 bits per heavy atom. The molecule has 1 aromatic carbocycles. The molecule has 2 unspecified atom stereocenters. The van der Waals surface area contributed by atoms with Gasteiger partial charge in [-0.1, -0.05) is 15.9 Å². The molecule has 18 heavy (non-hydrogen) atoms. The van der Waals surface area contributed by atoms with Crippen molar-refractivity contribution in [3.8, 4) is 6.07 Å². The Balaban J connectivity index is 2.10. The van der Waals surface area contributed by atoms with Crippen molar-refractivity contribution in [3.05, 3.63) is 28.2 Å². The molecule has 0 heterocycles. The lowest BCUT2D eigenvalue weighted by molar-refractivity contribution is 0.0933. The zero-order chi connectivity index (χ0) is 13.1. The van der Waals surface area contributed by atoms with Crippen LogP contribution in [0.5, 0.6) is 0 Å². The van der Waals surface area contributed by atoms with Crippen LogP contribution in [-0.4, -0.2) is 11.9 Å². The molecule has 1 aromatic rings. The number of rotatable bonds is 2. The molecule has 3 N–H and O–H groups in total. The van der Waals surface area contributed by atoms with Crippen LogP contribution in [0.25, 0.3) is 0 Å². The Morgan fingerprint density at radius 3 is 2.94 bits per heavy atom. The molecule has 2 rings (SSSR count). The number of hydrogen-bond acceptors (Lipinski definition) is 3. The highest BCUT2D eigenvalue weighted by Crippen LogP contribution is 2.26. The van der Waals surface area contributed by atoms with Gasteiger partial charge in [0.15, 0.2) is 0 Å². The second kappa shape index (κ2) is 5.40. The second-order valence-corrected chi connectivity index (χ2v) is 5.39. The van der Waals surface area contributed by atoms with Crippen molar-refractivity contribution < 1.29 is 4.79 Å². The van der Waals surface area contributed by atoms with Crippen LogP contribution in [-0.2, 0) is 0 Å². The van der Waals surface area contributed by atoms with E-state index in [1.165, 1.54) is 0 Å². The Hall–Kier alpha value is -1.54. The van der Waals surface area contributed by atoms with Crippen molar-refractivity contribution in [2.45, 2.75) is 25.3 Å². The maximum atomic E-state index is 12.1. The van der Waals surface area contributed by atoms with E-state index in [4.69, 9.17) is 11.0 Å². The summed E-state index contributed by atoms with van der Waals surface area (Å²) in [4.78, 5) is 12.1. The third-order valence-electron chi connectivity index (χ3n) is 3.26. The lowest BCUT2D eigenvalue weighted by Crippen LogP contribution is -2.37. The number of nitrogens with zero attached hydrogens (tertiary/aromatic N) is 1. The van der Waals surface area contributed by atoms with Gasteiger partial charge in [-0.05, 0) is 37.5 Å². The van der Waals surface area contributed by atoms with E-state index < -0.39 is 0 Å². The number of carbonyl (C=O) groups excluding carboxylic acids is 1. The van der Waals surface area contributed by atoms with Gasteiger partial charge >= 0.3 is 0 Å². The predicted octanol–water partition coefficient (Wildman–Crippen LogP) is 2.45. The molecule has 0 aliphatic heterocycles. The molecular weight excluding hydrogens is 294 g/mol. The van der Waals surface area contributed by atoms with Crippen molar-refractivity contribution >= 4 is 27.5 Å². The zero-order valence-corrected chi connectivity index (χ0v) is 11.4. The Kier molecular flexibility index (Phi) is 3.87. The van der Waals surface area contributed by atoms with Gasteiger partial charge in [0, 0.05) is 16.2 Å². The fourth-order valence-corrected chi connectivity index (χ4v) is 2.65. The van der Waals surface area contributed by atoms with Gasteiger partial charge in [0.25, 0.3) is 5.91 Å². The van der Waals surface area contributed by atoms with Crippen LogP contribution in [0.3, 0.4) is 0 Å². The van der Waals surface area contributed by atoms with Crippen molar-refractivity contribution in [2.24, 2.45) is 5.92 Å². The first-order chi connectivity index (χ1) is 8.61. The largest absolute Gasteiger partial charge is 0.398 e. The Labute approximate surface area is 114 Å². The van der Waals surface area contributed by atoms with Gasteiger partial charge in [0.1, 0.15) is 0 Å². The molecule has 1 amide bonds. The molecule has 4 nitrogen and oxygen atoms in total. The fraction of sp³-hybridized carbons (Fsp3) is 0.385. The molecule has 1 aliphatic rings. The smallest absolute Gasteiger partial charge is 0.253 e. The molecule has 0 saturated heterocycles. The molecule has 0 aromatic heterocycles. The second-order valence-electron chi connectivity index (χ2n) is 4.48. The summed E-state index contributed by atoms with van der Waals surface area (Å²) in [5.41, 5.74) is 6.71. The highest BCUT2D eigenvalue weighted by Gasteiger charge is 2.28. The summed E-state index contributed by atoms with van der Waals surface area (Å²) < 4.78 is 0.840. The van der Waals surface area contributed by atoms with E-state index in [1.807, 2.05) is 0 Å². The first-order valence-corrected chi connectivity index (χ1v) is 6.66. The van der Waals surface area contributed by atoms with E-state index in [1.54, 1.807) is 18.2 Å². The summed E-state index contributed by atoms with van der Waals surface area (Å²) >= 11 is 3.30. The normalized spacial score (nSPS) is 22.4. The first-order valence-electron chi connectivity index (χ1n) is 5.87. The first kappa shape index (κ1) is 12.9. The van der Waals surface area contributed by atoms with Crippen LogP contribution >= 0.6 is 15.9 Å². The number of nitrogens with two attached hydrogens (primary N) is 1. The number of amides is 1. The molecule has 1 saturated carbocycles. The summed E-state index contributed by atoms with van der Waals surface area (Å²) in [7, 11) is 0. The maximum Gasteiger partial charge on any atom is 0.253 e. The summed E-state index contributed by atoms with van der Waals surface area (Å²) in [5, 5.41) is 11.9. The van der Waals surface area contributed by atoms with E-state index >= 15 is 0 Å². The molecule has 0 bridgehead atoms. The van der Waals surface area contributed by atoms with Gasteiger partial charge in [0.2, 0.25) is 0 Å². The summed E-state index contributed by atoms with van der Waals surface area (Å²) in [6, 6.07) is 7.36. The minimum Gasteiger partial charge on any atom is -0.398 e. The molecule has 1 fully saturated rings. The third kappa shape index (κ3) is 2.65. The van der Waals surface area contributed by atoms with Gasteiger partial charge in [0.05, 0.1) is 17.6 Å². The number of anilines is 1. The standard InChI is InChI=1S/C13H14BrN3O/c14-9-4-5-10(11(16)6-9)13(18)17-12-3-1-2-8(12)7-15/h4-6,8,12H,1-3,16H2,(H,17,18). The van der Waals surface area contributed by atoms with E-state index in [-0.39, 0.29) is 17.9 Å². The minimum absolute atomic E-state index is 0.0504. The average Bonchev–Trinajstić information content (AvgIpc) is 2.76. The molecule has 1 aliphatic carbocycles. The Bertz CT molecular complexity index is 509. The number of nitriles is 1. The van der Waals surface area contributed by atoms with Gasteiger partial charge in [-0.25, -0.2) is 0 Å². The van der Waals surface area contributed by atoms with Crippen LogP contribution in [0, 0.1) is 17.2 Å². The number of nitrogens with one attached hydrogen (secondary N) is 1. The Morgan fingerprint density at radius 1 is 1.50 bits per heavy atom. The predicted molar refractivity (Wildman–Crippen MR) is 72.8 cm³/mol. The zero-order valence-electron chi connectivity index (χ0n) is 9.82. The SMILES string of the molecule is N#CC1CCCC1NC(=O)c1ccc(Br)cc1N. The van der Waals surface area contributed by atoms with Gasteiger partial charge in [-0.3, -0.25) is 4.79 Å². The van der Waals surface area contributed by atoms with Crippen molar-refractivity contribution in [1.82, 2.24) is 5.32 Å². The highest BCUT2D eigenvalue weighted by atomic mass is 79.9. The summed E-state index contributed by atoms with van der Waals surface area (Å²) in [6.45, 7) is 0. The quantitative estimate of drug-likeness (QED) is 0.824. The van der Waals surface area contributed by atoms with E-state index in [0.717, 1.165) is 23.7 Å². The summed E-state index contributed by atoms with van der Waals surface area (Å²) in [5.74, 6) is -0.280. The van der Waals surface area contributed by atoms with Crippen molar-refractivity contribution in [1.29, 1.82) is 5.26 Å². The van der Waals surface area contributed by atoms with Crippen LogP contribution < -0.4 is 11.1 Å². The lowest BCUT2D eigenvalue weighted by Gasteiger charge is -2.16. The number of nitrogen functional groups attached to an aromatic ring is 1. The van der Waals surface area contributed by atoms with Crippen LogP contribution in [0.1, 0.15) is 29.6 Å². The van der Waals surface area contributed by atoms with Gasteiger partial charge in [-0.2, -0.15) is 5.26 Å². The van der Waals surface area contributed by atoms with E-state index in [0.29, 0.717) is 11.3 Å². The molecule has 5 heteroatoms. The molecule has 94 valence electrons. The highest BCUT2D eigenvalue weighted by molar-refractivity contribution is 9.10. The monoisotopic (exact) mass is 307 g/mol. The van der Waals surface area contributed by atoms with E-state index in [2.05, 4.69) is 27.3 Å². The molecule has 0 radical (unpaired) electrons. The van der Waals surface area contributed by atoms with Crippen molar-refractivity contribution in [2.75, 3.05) is 5.73 Å². The van der Waals surface area contributed by atoms with Gasteiger partial charge in [-0.15, -0.1) is 0 Å². The van der Waals surface area contributed by atoms with Gasteiger partial charge < -0.3 is 11.1 Å². The number of carbonyl (C=O) groups is 1. The third-order valence-corrected chi connectivity index (χ3v) is 3.75.